The Kier molecular flexibility index (Phi) is 4.89. The molecule has 5 atom stereocenters. The van der Waals surface area contributed by atoms with Gasteiger partial charge in [-0.05, 0) is 78.7 Å². The average Bonchev–Trinajstić information content (AvgIpc) is 3.06. The summed E-state index contributed by atoms with van der Waals surface area (Å²) >= 11 is 0. The second-order valence-corrected chi connectivity index (χ2v) is 8.52. The summed E-state index contributed by atoms with van der Waals surface area (Å²) in [5, 5.41) is 20.0. The number of furan rings is 1. The van der Waals surface area contributed by atoms with Crippen LogP contribution in [-0.2, 0) is 6.42 Å². The molecule has 0 aromatic carbocycles. The van der Waals surface area contributed by atoms with Crippen LogP contribution in [0.1, 0.15) is 57.9 Å². The first-order valence-corrected chi connectivity index (χ1v) is 9.26. The molecule has 2 fully saturated rings. The predicted octanol–water partition coefficient (Wildman–Crippen LogP) is 4.04. The standard InChI is InChI=1S/C20H32O3/c1-19(14-22)9-3-10-20(2)17(6-4-15-8-11-23-13-15)16(12-21)5-7-18(19)20/h8,11,13,16-18,21-22H,3-7,9-10,12,14H2,1-2H3/t16-,17-,18?,19+,20+/m0/s1. The van der Waals surface area contributed by atoms with E-state index >= 15 is 0 Å². The largest absolute Gasteiger partial charge is 0.472 e. The van der Waals surface area contributed by atoms with Crippen molar-refractivity contribution in [1.29, 1.82) is 0 Å². The fourth-order valence-electron chi connectivity index (χ4n) is 5.99. The molecule has 2 aliphatic rings. The lowest BCUT2D eigenvalue weighted by Crippen LogP contribution is -2.54. The molecule has 2 saturated carbocycles. The lowest BCUT2D eigenvalue weighted by Gasteiger charge is -2.60. The number of fused-ring (bicyclic) bond motifs is 1. The van der Waals surface area contributed by atoms with Crippen LogP contribution in [0.3, 0.4) is 0 Å². The summed E-state index contributed by atoms with van der Waals surface area (Å²) in [4.78, 5) is 0. The van der Waals surface area contributed by atoms with Crippen LogP contribution in [0.25, 0.3) is 0 Å². The van der Waals surface area contributed by atoms with Crippen LogP contribution in [0.4, 0.5) is 0 Å². The zero-order chi connectivity index (χ0) is 16.5. The van der Waals surface area contributed by atoms with Gasteiger partial charge in [-0.1, -0.05) is 20.3 Å². The Morgan fingerprint density at radius 2 is 2.04 bits per heavy atom. The van der Waals surface area contributed by atoms with Gasteiger partial charge in [-0.3, -0.25) is 0 Å². The minimum Gasteiger partial charge on any atom is -0.472 e. The number of aliphatic hydroxyl groups is 2. The van der Waals surface area contributed by atoms with Crippen molar-refractivity contribution in [2.24, 2.45) is 28.6 Å². The Morgan fingerprint density at radius 3 is 2.70 bits per heavy atom. The van der Waals surface area contributed by atoms with Crippen LogP contribution in [0.2, 0.25) is 0 Å². The molecule has 2 aliphatic carbocycles. The Hall–Kier alpha value is -0.800. The third-order valence-electron chi connectivity index (χ3n) is 7.26. The second kappa shape index (κ2) is 6.60. The topological polar surface area (TPSA) is 53.6 Å². The van der Waals surface area contributed by atoms with Gasteiger partial charge in [-0.25, -0.2) is 0 Å². The molecule has 23 heavy (non-hydrogen) atoms. The summed E-state index contributed by atoms with van der Waals surface area (Å²) in [5.74, 6) is 1.52. The van der Waals surface area contributed by atoms with E-state index in [-0.39, 0.29) is 10.8 Å². The second-order valence-electron chi connectivity index (χ2n) is 8.52. The molecule has 1 aromatic heterocycles. The first kappa shape index (κ1) is 17.0. The lowest BCUT2D eigenvalue weighted by atomic mass is 9.45. The lowest BCUT2D eigenvalue weighted by molar-refractivity contribution is -0.128. The Balaban J connectivity index is 1.83. The third-order valence-corrected chi connectivity index (χ3v) is 7.26. The molecule has 2 N–H and O–H groups in total. The zero-order valence-electron chi connectivity index (χ0n) is 14.6. The highest BCUT2D eigenvalue weighted by Gasteiger charge is 2.55. The van der Waals surface area contributed by atoms with Crippen molar-refractivity contribution < 1.29 is 14.6 Å². The minimum atomic E-state index is 0.0569. The van der Waals surface area contributed by atoms with Crippen molar-refractivity contribution in [1.82, 2.24) is 0 Å². The molecule has 130 valence electrons. The number of aliphatic hydroxyl groups excluding tert-OH is 2. The molecule has 0 saturated heterocycles. The van der Waals surface area contributed by atoms with Gasteiger partial charge in [0.1, 0.15) is 0 Å². The maximum absolute atomic E-state index is 10.0. The van der Waals surface area contributed by atoms with Gasteiger partial charge in [-0.2, -0.15) is 0 Å². The first-order valence-electron chi connectivity index (χ1n) is 9.26. The van der Waals surface area contributed by atoms with Crippen LogP contribution in [0, 0.1) is 28.6 Å². The SMILES string of the molecule is C[C@]1(CO)CCC[C@@]2(C)C1CC[C@@H](CO)[C@@H]2CCc1ccoc1. The van der Waals surface area contributed by atoms with Crippen molar-refractivity contribution in [2.75, 3.05) is 13.2 Å². The Labute approximate surface area is 140 Å². The van der Waals surface area contributed by atoms with E-state index in [1.807, 2.05) is 6.26 Å². The van der Waals surface area contributed by atoms with Gasteiger partial charge in [0.15, 0.2) is 0 Å². The molecule has 0 spiro atoms. The molecule has 3 rings (SSSR count). The van der Waals surface area contributed by atoms with Gasteiger partial charge in [0, 0.05) is 13.2 Å². The fraction of sp³-hybridized carbons (Fsp3) is 0.800. The summed E-state index contributed by atoms with van der Waals surface area (Å²) < 4.78 is 5.21. The monoisotopic (exact) mass is 320 g/mol. The summed E-state index contributed by atoms with van der Waals surface area (Å²) in [6.07, 6.45) is 11.5. The number of aryl methyl sites for hydroxylation is 1. The van der Waals surface area contributed by atoms with Gasteiger partial charge in [0.25, 0.3) is 0 Å². The molecule has 0 radical (unpaired) electrons. The van der Waals surface area contributed by atoms with Crippen LogP contribution < -0.4 is 0 Å². The van der Waals surface area contributed by atoms with E-state index in [9.17, 15) is 10.2 Å². The fourth-order valence-corrected chi connectivity index (χ4v) is 5.99. The molecule has 1 heterocycles. The third kappa shape index (κ3) is 2.98. The van der Waals surface area contributed by atoms with Gasteiger partial charge in [-0.15, -0.1) is 0 Å². The molecular weight excluding hydrogens is 288 g/mol. The Morgan fingerprint density at radius 1 is 1.22 bits per heavy atom. The average molecular weight is 320 g/mol. The maximum Gasteiger partial charge on any atom is 0.0934 e. The van der Waals surface area contributed by atoms with E-state index in [2.05, 4.69) is 19.9 Å². The van der Waals surface area contributed by atoms with E-state index in [4.69, 9.17) is 4.42 Å². The molecular formula is C20H32O3. The molecule has 1 aromatic rings. The van der Waals surface area contributed by atoms with Crippen molar-refractivity contribution in [3.05, 3.63) is 24.2 Å². The highest BCUT2D eigenvalue weighted by Crippen LogP contribution is 2.61. The summed E-state index contributed by atoms with van der Waals surface area (Å²) in [6, 6.07) is 2.05. The van der Waals surface area contributed by atoms with Gasteiger partial charge >= 0.3 is 0 Å². The molecule has 3 heteroatoms. The van der Waals surface area contributed by atoms with E-state index in [1.165, 1.54) is 18.4 Å². The van der Waals surface area contributed by atoms with Crippen molar-refractivity contribution in [2.45, 2.75) is 58.8 Å². The van der Waals surface area contributed by atoms with Gasteiger partial charge < -0.3 is 14.6 Å². The summed E-state index contributed by atoms with van der Waals surface area (Å²) in [5.41, 5.74) is 1.56. The number of hydrogen-bond acceptors (Lipinski definition) is 3. The van der Waals surface area contributed by atoms with Gasteiger partial charge in [0.2, 0.25) is 0 Å². The van der Waals surface area contributed by atoms with E-state index in [0.717, 1.165) is 32.1 Å². The van der Waals surface area contributed by atoms with Crippen molar-refractivity contribution in [3.8, 4) is 0 Å². The van der Waals surface area contributed by atoms with Crippen LogP contribution >= 0.6 is 0 Å². The van der Waals surface area contributed by atoms with Gasteiger partial charge in [0.05, 0.1) is 12.5 Å². The van der Waals surface area contributed by atoms with Crippen LogP contribution in [0.5, 0.6) is 0 Å². The van der Waals surface area contributed by atoms with E-state index in [1.54, 1.807) is 6.26 Å². The molecule has 0 aliphatic heterocycles. The molecule has 3 nitrogen and oxygen atoms in total. The summed E-state index contributed by atoms with van der Waals surface area (Å²) in [7, 11) is 0. The highest BCUT2D eigenvalue weighted by atomic mass is 16.3. The normalized spacial score (nSPS) is 40.8. The minimum absolute atomic E-state index is 0.0569. The highest BCUT2D eigenvalue weighted by molar-refractivity contribution is 5.08. The Bertz CT molecular complexity index is 497. The molecule has 1 unspecified atom stereocenters. The number of hydrogen-bond donors (Lipinski definition) is 2. The molecule has 0 bridgehead atoms. The van der Waals surface area contributed by atoms with Crippen LogP contribution in [0.15, 0.2) is 23.0 Å². The van der Waals surface area contributed by atoms with Crippen molar-refractivity contribution in [3.63, 3.8) is 0 Å². The maximum atomic E-state index is 10.0. The quantitative estimate of drug-likeness (QED) is 0.861. The smallest absolute Gasteiger partial charge is 0.0934 e. The van der Waals surface area contributed by atoms with Crippen LogP contribution in [-0.4, -0.2) is 23.4 Å². The van der Waals surface area contributed by atoms with E-state index in [0.29, 0.717) is 31.0 Å². The first-order chi connectivity index (χ1) is 11.0. The van der Waals surface area contributed by atoms with E-state index < -0.39 is 0 Å². The molecule has 0 amide bonds. The predicted molar refractivity (Wildman–Crippen MR) is 91.0 cm³/mol. The summed E-state index contributed by atoms with van der Waals surface area (Å²) in [6.45, 7) is 5.31. The number of rotatable bonds is 5. The van der Waals surface area contributed by atoms with Crippen molar-refractivity contribution >= 4 is 0 Å². The zero-order valence-corrected chi connectivity index (χ0v) is 14.6.